The molecule has 2 unspecified atom stereocenters. The van der Waals surface area contributed by atoms with Crippen LogP contribution in [0.3, 0.4) is 0 Å². The fourth-order valence-electron chi connectivity index (χ4n) is 5.20. The number of rotatable bonds is 29. The molecule has 54 heavy (non-hydrogen) atoms. The highest BCUT2D eigenvalue weighted by Crippen LogP contribution is 2.28. The molecule has 0 spiro atoms. The van der Waals surface area contributed by atoms with Gasteiger partial charge in [-0.2, -0.15) is 0 Å². The van der Waals surface area contributed by atoms with Gasteiger partial charge in [0.25, 0.3) is 0 Å². The maximum absolute atomic E-state index is 12.9. The highest BCUT2D eigenvalue weighted by Gasteiger charge is 2.30. The first-order chi connectivity index (χ1) is 25.7. The SMILES string of the molecule is O=CCNC(=O)CNC(=O)COCCOCCNC(=O)C(CCC(=O)O)NC(=O)CCC(NC(=O)C1CCC(CNC(=O)CCCC(=O)O)CC1)C(=O)O. The average Bonchev–Trinajstić information content (AvgIpc) is 3.13. The Balaban J connectivity index is 2.41. The van der Waals surface area contributed by atoms with E-state index in [1.54, 1.807) is 0 Å². The number of nitrogens with one attached hydrogen (secondary N) is 6. The Labute approximate surface area is 311 Å². The number of hydrogen-bond acceptors (Lipinski definition) is 12. The second-order valence-electron chi connectivity index (χ2n) is 12.5. The Morgan fingerprint density at radius 1 is 0.648 bits per heavy atom. The Kier molecular flexibility index (Phi) is 23.8. The lowest BCUT2D eigenvalue weighted by atomic mass is 9.81. The normalized spacial score (nSPS) is 16.1. The van der Waals surface area contributed by atoms with E-state index in [0.29, 0.717) is 38.5 Å². The molecule has 21 heteroatoms. The van der Waals surface area contributed by atoms with Gasteiger partial charge in [0.2, 0.25) is 35.4 Å². The van der Waals surface area contributed by atoms with Crippen LogP contribution in [0.1, 0.15) is 70.6 Å². The first-order valence-electron chi connectivity index (χ1n) is 17.6. The maximum atomic E-state index is 12.9. The van der Waals surface area contributed by atoms with Crippen molar-refractivity contribution < 1.29 is 72.7 Å². The van der Waals surface area contributed by atoms with Crippen LogP contribution in [0.15, 0.2) is 0 Å². The Hall–Kier alpha value is -5.18. The number of hydrogen-bond donors (Lipinski definition) is 9. The van der Waals surface area contributed by atoms with Crippen LogP contribution in [-0.2, 0) is 57.4 Å². The zero-order valence-electron chi connectivity index (χ0n) is 30.1. The lowest BCUT2D eigenvalue weighted by molar-refractivity contribution is -0.143. The smallest absolute Gasteiger partial charge is 0.326 e. The van der Waals surface area contributed by atoms with Crippen LogP contribution >= 0.6 is 0 Å². The molecule has 1 fully saturated rings. The molecule has 2 atom stereocenters. The van der Waals surface area contributed by atoms with Crippen LogP contribution in [0.4, 0.5) is 0 Å². The third kappa shape index (κ3) is 22.7. The van der Waals surface area contributed by atoms with E-state index in [1.807, 2.05) is 0 Å². The molecule has 0 bridgehead atoms. The first kappa shape index (κ1) is 46.8. The molecule has 1 aliphatic rings. The summed E-state index contributed by atoms with van der Waals surface area (Å²) in [6.45, 7) is -0.412. The van der Waals surface area contributed by atoms with Gasteiger partial charge in [-0.15, -0.1) is 0 Å². The van der Waals surface area contributed by atoms with Crippen molar-refractivity contribution in [3.8, 4) is 0 Å². The van der Waals surface area contributed by atoms with E-state index in [9.17, 15) is 53.1 Å². The zero-order chi connectivity index (χ0) is 40.3. The van der Waals surface area contributed by atoms with Crippen molar-refractivity contribution >= 4 is 59.6 Å². The summed E-state index contributed by atoms with van der Waals surface area (Å²) in [5.74, 6) is -7.15. The summed E-state index contributed by atoms with van der Waals surface area (Å²) in [4.78, 5) is 117. The second kappa shape index (κ2) is 27.4. The minimum absolute atomic E-state index is 0.00613. The largest absolute Gasteiger partial charge is 0.481 e. The van der Waals surface area contributed by atoms with Gasteiger partial charge >= 0.3 is 17.9 Å². The van der Waals surface area contributed by atoms with Crippen molar-refractivity contribution in [2.45, 2.75) is 82.7 Å². The molecule has 0 aromatic rings. The summed E-state index contributed by atoms with van der Waals surface area (Å²) in [5, 5.41) is 42.1. The average molecular weight is 773 g/mol. The lowest BCUT2D eigenvalue weighted by Crippen LogP contribution is -2.48. The van der Waals surface area contributed by atoms with Gasteiger partial charge in [0.15, 0.2) is 0 Å². The van der Waals surface area contributed by atoms with E-state index in [1.165, 1.54) is 0 Å². The van der Waals surface area contributed by atoms with Crippen LogP contribution in [0.2, 0.25) is 0 Å². The van der Waals surface area contributed by atoms with Crippen molar-refractivity contribution in [2.24, 2.45) is 11.8 Å². The lowest BCUT2D eigenvalue weighted by Gasteiger charge is -2.28. The summed E-state index contributed by atoms with van der Waals surface area (Å²) >= 11 is 0. The molecule has 1 saturated carbocycles. The van der Waals surface area contributed by atoms with E-state index >= 15 is 0 Å². The standard InChI is InChI=1S/C33H52N6O15/c40-14-12-34-27(43)19-37-28(44)20-54-17-16-53-15-13-35-32(50)23(9-11-30(47)48)38-26(42)10-8-24(33(51)52)39-31(49)22-6-4-21(5-7-22)18-36-25(41)2-1-3-29(45)46/h14,21-24H,1-13,15-20H2,(H,34,43)(H,35,50)(H,36,41)(H,37,44)(H,38,42)(H,39,49)(H,45,46)(H,47,48)(H,51,52). The summed E-state index contributed by atoms with van der Waals surface area (Å²) in [6, 6.07) is -2.65. The number of carboxylic acids is 3. The van der Waals surface area contributed by atoms with E-state index in [0.717, 1.165) is 0 Å². The number of carbonyl (C=O) groups is 10. The molecule has 0 aliphatic heterocycles. The molecule has 21 nitrogen and oxygen atoms in total. The van der Waals surface area contributed by atoms with Crippen LogP contribution in [0.5, 0.6) is 0 Å². The maximum Gasteiger partial charge on any atom is 0.326 e. The monoisotopic (exact) mass is 772 g/mol. The number of ether oxygens (including phenoxy) is 2. The number of amides is 6. The molecule has 0 saturated heterocycles. The number of carboxylic acid groups (broad SMARTS) is 3. The molecular weight excluding hydrogens is 720 g/mol. The summed E-state index contributed by atoms with van der Waals surface area (Å²) in [6.07, 6.45) is 1.52. The number of aliphatic carboxylic acids is 3. The van der Waals surface area contributed by atoms with E-state index in [-0.39, 0.29) is 96.4 Å². The van der Waals surface area contributed by atoms with Crippen molar-refractivity contribution in [1.82, 2.24) is 31.9 Å². The van der Waals surface area contributed by atoms with Gasteiger partial charge in [-0.25, -0.2) is 4.79 Å². The van der Waals surface area contributed by atoms with E-state index < -0.39 is 71.9 Å². The van der Waals surface area contributed by atoms with E-state index in [2.05, 4.69) is 31.9 Å². The molecule has 0 radical (unpaired) electrons. The van der Waals surface area contributed by atoms with Crippen LogP contribution in [0.25, 0.3) is 0 Å². The van der Waals surface area contributed by atoms with Crippen molar-refractivity contribution in [3.05, 3.63) is 0 Å². The topological polar surface area (TPSA) is 322 Å². The summed E-state index contributed by atoms with van der Waals surface area (Å²) < 4.78 is 10.4. The van der Waals surface area contributed by atoms with Crippen LogP contribution in [-0.4, -0.2) is 140 Å². The van der Waals surface area contributed by atoms with E-state index in [4.69, 9.17) is 19.7 Å². The molecule has 0 aromatic carbocycles. The van der Waals surface area contributed by atoms with Gasteiger partial charge < -0.3 is 61.5 Å². The van der Waals surface area contributed by atoms with Gasteiger partial charge in [-0.1, -0.05) is 0 Å². The Morgan fingerprint density at radius 2 is 1.31 bits per heavy atom. The Morgan fingerprint density at radius 3 is 1.96 bits per heavy atom. The molecule has 304 valence electrons. The Bertz CT molecular complexity index is 1290. The van der Waals surface area contributed by atoms with Crippen LogP contribution < -0.4 is 31.9 Å². The van der Waals surface area contributed by atoms with Gasteiger partial charge in [0.1, 0.15) is 25.0 Å². The summed E-state index contributed by atoms with van der Waals surface area (Å²) in [7, 11) is 0. The second-order valence-corrected chi connectivity index (χ2v) is 12.5. The minimum Gasteiger partial charge on any atom is -0.481 e. The zero-order valence-corrected chi connectivity index (χ0v) is 30.1. The predicted octanol–water partition coefficient (Wildman–Crippen LogP) is -2.56. The van der Waals surface area contributed by atoms with Gasteiger partial charge in [-0.3, -0.25) is 38.4 Å². The number of aldehydes is 1. The third-order valence-electron chi connectivity index (χ3n) is 8.15. The minimum atomic E-state index is -1.39. The van der Waals surface area contributed by atoms with Gasteiger partial charge in [0, 0.05) is 44.7 Å². The van der Waals surface area contributed by atoms with Crippen molar-refractivity contribution in [1.29, 1.82) is 0 Å². The molecule has 0 aromatic heterocycles. The third-order valence-corrected chi connectivity index (χ3v) is 8.15. The predicted molar refractivity (Wildman–Crippen MR) is 184 cm³/mol. The first-order valence-corrected chi connectivity index (χ1v) is 17.6. The molecule has 9 N–H and O–H groups in total. The fraction of sp³-hybridized carbons (Fsp3) is 0.697. The van der Waals surface area contributed by atoms with Crippen molar-refractivity contribution in [3.63, 3.8) is 0 Å². The molecule has 1 rings (SSSR count). The highest BCUT2D eigenvalue weighted by atomic mass is 16.5. The molecule has 6 amide bonds. The molecule has 1 aliphatic carbocycles. The van der Waals surface area contributed by atoms with Crippen LogP contribution in [0, 0.1) is 11.8 Å². The summed E-state index contributed by atoms with van der Waals surface area (Å²) in [5.41, 5.74) is 0. The molecule has 0 heterocycles. The van der Waals surface area contributed by atoms with Crippen molar-refractivity contribution in [2.75, 3.05) is 52.6 Å². The quantitative estimate of drug-likeness (QED) is 0.0279. The highest BCUT2D eigenvalue weighted by molar-refractivity contribution is 5.89. The molecular formula is C33H52N6O15. The fourth-order valence-corrected chi connectivity index (χ4v) is 5.20. The van der Waals surface area contributed by atoms with Gasteiger partial charge in [-0.05, 0) is 50.9 Å². The number of carbonyl (C=O) groups excluding carboxylic acids is 7. The van der Waals surface area contributed by atoms with Gasteiger partial charge in [0.05, 0.1) is 32.9 Å².